The third-order valence-electron chi connectivity index (χ3n) is 3.18. The molecule has 0 saturated carbocycles. The molecule has 0 spiro atoms. The number of hydrogen-bond donors (Lipinski definition) is 1. The van der Waals surface area contributed by atoms with Gasteiger partial charge in [0, 0.05) is 12.1 Å². The first-order valence-corrected chi connectivity index (χ1v) is 8.47. The van der Waals surface area contributed by atoms with Crippen LogP contribution in [-0.4, -0.2) is 26.8 Å². The standard InChI is InChI=1S/C14H21F2NO2S/c1-3-12(17-4-2)6-5-9-20(18,19)14-8-7-11(15)10-13(14)16/h7-8,10,12,17H,3-6,9H2,1-2H3. The smallest absolute Gasteiger partial charge is 0.181 e. The van der Waals surface area contributed by atoms with Crippen molar-refractivity contribution in [3.05, 3.63) is 29.8 Å². The molecule has 0 aliphatic rings. The lowest BCUT2D eigenvalue weighted by Crippen LogP contribution is -2.28. The van der Waals surface area contributed by atoms with Gasteiger partial charge in [-0.3, -0.25) is 0 Å². The highest BCUT2D eigenvalue weighted by Crippen LogP contribution is 2.18. The molecule has 1 aromatic rings. The van der Waals surface area contributed by atoms with Crippen LogP contribution in [0.5, 0.6) is 0 Å². The fourth-order valence-corrected chi connectivity index (χ4v) is 3.49. The largest absolute Gasteiger partial charge is 0.314 e. The Hall–Kier alpha value is -1.01. The third-order valence-corrected chi connectivity index (χ3v) is 5.01. The Bertz CT molecular complexity index is 532. The monoisotopic (exact) mass is 305 g/mol. The Morgan fingerprint density at radius 2 is 1.95 bits per heavy atom. The highest BCUT2D eigenvalue weighted by molar-refractivity contribution is 7.91. The van der Waals surface area contributed by atoms with Crippen LogP contribution < -0.4 is 5.32 Å². The Labute approximate surface area is 119 Å². The van der Waals surface area contributed by atoms with Crippen molar-refractivity contribution in [1.82, 2.24) is 5.32 Å². The van der Waals surface area contributed by atoms with E-state index in [9.17, 15) is 17.2 Å². The van der Waals surface area contributed by atoms with Gasteiger partial charge in [0.25, 0.3) is 0 Å². The molecule has 114 valence electrons. The predicted molar refractivity (Wildman–Crippen MR) is 75.4 cm³/mol. The zero-order valence-electron chi connectivity index (χ0n) is 11.8. The Kier molecular flexibility index (Phi) is 6.55. The molecular formula is C14H21F2NO2S. The summed E-state index contributed by atoms with van der Waals surface area (Å²) in [4.78, 5) is -0.421. The first kappa shape index (κ1) is 17.0. The van der Waals surface area contributed by atoms with Crippen LogP contribution in [0.15, 0.2) is 23.1 Å². The first-order valence-electron chi connectivity index (χ1n) is 6.82. The van der Waals surface area contributed by atoms with Crippen LogP contribution in [0, 0.1) is 11.6 Å². The average Bonchev–Trinajstić information content (AvgIpc) is 2.37. The van der Waals surface area contributed by atoms with E-state index in [0.29, 0.717) is 18.9 Å². The third kappa shape index (κ3) is 4.83. The lowest BCUT2D eigenvalue weighted by Gasteiger charge is -2.15. The van der Waals surface area contributed by atoms with Crippen LogP contribution >= 0.6 is 0 Å². The van der Waals surface area contributed by atoms with E-state index in [-0.39, 0.29) is 11.8 Å². The van der Waals surface area contributed by atoms with Crippen LogP contribution in [0.2, 0.25) is 0 Å². The second-order valence-electron chi connectivity index (χ2n) is 4.70. The van der Waals surface area contributed by atoms with Gasteiger partial charge >= 0.3 is 0 Å². The van der Waals surface area contributed by atoms with Gasteiger partial charge in [-0.15, -0.1) is 0 Å². The summed E-state index contributed by atoms with van der Waals surface area (Å²) in [6.07, 6.45) is 2.08. The molecule has 1 atom stereocenters. The lowest BCUT2D eigenvalue weighted by atomic mass is 10.1. The van der Waals surface area contributed by atoms with E-state index in [4.69, 9.17) is 0 Å². The summed E-state index contributed by atoms with van der Waals surface area (Å²) in [6, 6.07) is 2.82. The molecule has 1 aromatic carbocycles. The molecule has 0 aromatic heterocycles. The van der Waals surface area contributed by atoms with Crippen LogP contribution in [-0.2, 0) is 9.84 Å². The molecule has 0 bridgehead atoms. The molecular weight excluding hydrogens is 284 g/mol. The molecule has 1 rings (SSSR count). The van der Waals surface area contributed by atoms with Crippen molar-refractivity contribution in [2.75, 3.05) is 12.3 Å². The van der Waals surface area contributed by atoms with Crippen molar-refractivity contribution >= 4 is 9.84 Å². The van der Waals surface area contributed by atoms with Gasteiger partial charge in [-0.25, -0.2) is 17.2 Å². The Morgan fingerprint density at radius 3 is 2.50 bits per heavy atom. The molecule has 3 nitrogen and oxygen atoms in total. The SMILES string of the molecule is CCNC(CC)CCCS(=O)(=O)c1ccc(F)cc1F. The number of hydrogen-bond acceptors (Lipinski definition) is 3. The molecule has 0 radical (unpaired) electrons. The number of rotatable bonds is 8. The van der Waals surface area contributed by atoms with Gasteiger partial charge in [0.1, 0.15) is 16.5 Å². The maximum absolute atomic E-state index is 13.5. The van der Waals surface area contributed by atoms with E-state index >= 15 is 0 Å². The van der Waals surface area contributed by atoms with Gasteiger partial charge in [0.2, 0.25) is 0 Å². The van der Waals surface area contributed by atoms with E-state index in [1.165, 1.54) is 0 Å². The summed E-state index contributed by atoms with van der Waals surface area (Å²) in [7, 11) is -3.70. The van der Waals surface area contributed by atoms with Gasteiger partial charge < -0.3 is 5.32 Å². The second-order valence-corrected chi connectivity index (χ2v) is 6.78. The van der Waals surface area contributed by atoms with Crippen LogP contribution in [0.25, 0.3) is 0 Å². The Morgan fingerprint density at radius 1 is 1.25 bits per heavy atom. The fourth-order valence-electron chi connectivity index (χ4n) is 2.10. The summed E-state index contributed by atoms with van der Waals surface area (Å²) >= 11 is 0. The highest BCUT2D eigenvalue weighted by Gasteiger charge is 2.19. The summed E-state index contributed by atoms with van der Waals surface area (Å²) in [6.45, 7) is 4.85. The van der Waals surface area contributed by atoms with Crippen molar-refractivity contribution in [3.63, 3.8) is 0 Å². The molecule has 0 aliphatic carbocycles. The molecule has 1 unspecified atom stereocenters. The fraction of sp³-hybridized carbons (Fsp3) is 0.571. The van der Waals surface area contributed by atoms with Crippen molar-refractivity contribution in [2.45, 2.75) is 44.0 Å². The van der Waals surface area contributed by atoms with E-state index in [1.807, 2.05) is 13.8 Å². The number of halogens is 2. The minimum absolute atomic E-state index is 0.128. The van der Waals surface area contributed by atoms with Gasteiger partial charge in [-0.2, -0.15) is 0 Å². The van der Waals surface area contributed by atoms with Gasteiger partial charge in [-0.1, -0.05) is 13.8 Å². The van der Waals surface area contributed by atoms with Crippen molar-refractivity contribution in [1.29, 1.82) is 0 Å². The lowest BCUT2D eigenvalue weighted by molar-refractivity contribution is 0.474. The quantitative estimate of drug-likeness (QED) is 0.751. The second kappa shape index (κ2) is 7.69. The van der Waals surface area contributed by atoms with Crippen LogP contribution in [0.1, 0.15) is 33.1 Å². The van der Waals surface area contributed by atoms with E-state index in [0.717, 1.165) is 25.1 Å². The molecule has 0 heterocycles. The molecule has 1 N–H and O–H groups in total. The molecule has 0 amide bonds. The van der Waals surface area contributed by atoms with E-state index in [2.05, 4.69) is 5.32 Å². The normalized spacial score (nSPS) is 13.4. The topological polar surface area (TPSA) is 46.2 Å². The summed E-state index contributed by atoms with van der Waals surface area (Å²) in [5, 5.41) is 3.26. The summed E-state index contributed by atoms with van der Waals surface area (Å²) in [5.41, 5.74) is 0. The Balaban J connectivity index is 2.66. The van der Waals surface area contributed by atoms with Gasteiger partial charge in [0.15, 0.2) is 9.84 Å². The highest BCUT2D eigenvalue weighted by atomic mass is 32.2. The maximum atomic E-state index is 13.5. The predicted octanol–water partition coefficient (Wildman–Crippen LogP) is 2.91. The number of sulfone groups is 1. The molecule has 0 aliphatic heterocycles. The van der Waals surface area contributed by atoms with Crippen LogP contribution in [0.3, 0.4) is 0 Å². The van der Waals surface area contributed by atoms with E-state index < -0.39 is 26.4 Å². The first-order chi connectivity index (χ1) is 9.40. The van der Waals surface area contributed by atoms with Crippen molar-refractivity contribution in [3.8, 4) is 0 Å². The summed E-state index contributed by atoms with van der Waals surface area (Å²) < 4.78 is 50.3. The molecule has 0 fully saturated rings. The molecule has 20 heavy (non-hydrogen) atoms. The van der Waals surface area contributed by atoms with Gasteiger partial charge in [-0.05, 0) is 37.9 Å². The van der Waals surface area contributed by atoms with E-state index in [1.54, 1.807) is 0 Å². The number of nitrogens with one attached hydrogen (secondary N) is 1. The summed E-state index contributed by atoms with van der Waals surface area (Å²) in [5.74, 6) is -1.93. The van der Waals surface area contributed by atoms with Crippen molar-refractivity contribution in [2.24, 2.45) is 0 Å². The zero-order valence-corrected chi connectivity index (χ0v) is 12.6. The average molecular weight is 305 g/mol. The number of benzene rings is 1. The molecule has 6 heteroatoms. The van der Waals surface area contributed by atoms with Crippen molar-refractivity contribution < 1.29 is 17.2 Å². The zero-order chi connectivity index (χ0) is 15.2. The molecule has 0 saturated heterocycles. The minimum atomic E-state index is -3.70. The van der Waals surface area contributed by atoms with Crippen LogP contribution in [0.4, 0.5) is 8.78 Å². The van der Waals surface area contributed by atoms with Gasteiger partial charge in [0.05, 0.1) is 5.75 Å². The maximum Gasteiger partial charge on any atom is 0.181 e. The minimum Gasteiger partial charge on any atom is -0.314 e.